The number of hydrogen-bond donors (Lipinski definition) is 3. The van der Waals surface area contributed by atoms with Crippen LogP contribution in [0.2, 0.25) is 5.02 Å². The quantitative estimate of drug-likeness (QED) is 0.404. The van der Waals surface area contributed by atoms with Crippen LogP contribution in [-0.2, 0) is 4.74 Å². The van der Waals surface area contributed by atoms with E-state index in [-0.39, 0.29) is 24.0 Å². The number of anilines is 1. The lowest BCUT2D eigenvalue weighted by molar-refractivity contribution is 0.0960. The maximum absolute atomic E-state index is 11.9. The monoisotopic (exact) mass is 397 g/mol. The maximum Gasteiger partial charge on any atom is 0.273 e. The van der Waals surface area contributed by atoms with Gasteiger partial charge < -0.3 is 15.8 Å². The van der Waals surface area contributed by atoms with E-state index >= 15 is 0 Å². The van der Waals surface area contributed by atoms with Gasteiger partial charge in [-0.2, -0.15) is 0 Å². The van der Waals surface area contributed by atoms with Gasteiger partial charge in [-0.15, -0.1) is 0 Å². The smallest absolute Gasteiger partial charge is 0.273 e. The minimum Gasteiger partial charge on any atom is -0.470 e. The molecule has 132 valence electrons. The van der Waals surface area contributed by atoms with Crippen molar-refractivity contribution in [2.45, 2.75) is 6.42 Å². The summed E-state index contributed by atoms with van der Waals surface area (Å²) in [6, 6.07) is 12.4. The van der Waals surface area contributed by atoms with E-state index in [0.717, 1.165) is 0 Å². The molecule has 0 aliphatic heterocycles. The molecule has 0 saturated heterocycles. The van der Waals surface area contributed by atoms with Crippen LogP contribution in [0.15, 0.2) is 48.7 Å². The molecule has 0 spiro atoms. The van der Waals surface area contributed by atoms with Gasteiger partial charge in [-0.25, -0.2) is 4.98 Å². The average molecular weight is 398 g/mol. The van der Waals surface area contributed by atoms with Crippen molar-refractivity contribution >= 4 is 58.5 Å². The van der Waals surface area contributed by atoms with Crippen LogP contribution < -0.4 is 11.1 Å². The molecule has 2 rings (SSSR count). The van der Waals surface area contributed by atoms with Crippen molar-refractivity contribution in [1.29, 1.82) is 0 Å². The second-order valence-corrected chi connectivity index (χ2v) is 5.75. The van der Waals surface area contributed by atoms with Gasteiger partial charge in [0.15, 0.2) is 5.78 Å². The Morgan fingerprint density at radius 1 is 1.24 bits per heavy atom. The van der Waals surface area contributed by atoms with Gasteiger partial charge in [0.2, 0.25) is 0 Å². The fourth-order valence-electron chi connectivity index (χ4n) is 1.60. The van der Waals surface area contributed by atoms with Crippen LogP contribution in [0, 0.1) is 0 Å². The van der Waals surface area contributed by atoms with Gasteiger partial charge in [0.25, 0.3) is 10.4 Å². The molecule has 0 saturated carbocycles. The van der Waals surface area contributed by atoms with Crippen molar-refractivity contribution in [1.82, 2.24) is 4.98 Å². The summed E-state index contributed by atoms with van der Waals surface area (Å²) in [6.07, 6.45) is 1.77. The largest absolute Gasteiger partial charge is 0.470 e. The number of ether oxygens (including phenoxy) is 1. The Labute approximate surface area is 161 Å². The zero-order valence-corrected chi connectivity index (χ0v) is 15.5. The Morgan fingerprint density at radius 2 is 1.88 bits per heavy atom. The highest BCUT2D eigenvalue weighted by Gasteiger charge is 2.06. The molecule has 1 aromatic heterocycles. The molecule has 0 bridgehead atoms. The lowest BCUT2D eigenvalue weighted by Crippen LogP contribution is -2.16. The number of hydrogen-bond acceptors (Lipinski definition) is 5. The summed E-state index contributed by atoms with van der Waals surface area (Å²) in [5.41, 5.74) is 5.00. The number of ketones is 1. The zero-order chi connectivity index (χ0) is 18.7. The number of nitrogens with one attached hydrogen (secondary N) is 1. The molecule has 2 aromatic rings. The zero-order valence-electron chi connectivity index (χ0n) is 13.0. The maximum atomic E-state index is 11.9. The van der Waals surface area contributed by atoms with Crippen LogP contribution in [0.4, 0.5) is 10.6 Å². The Morgan fingerprint density at radius 3 is 2.44 bits per heavy atom. The van der Waals surface area contributed by atoms with Crippen LogP contribution in [0.3, 0.4) is 0 Å². The number of nitrogens with zero attached hydrogens (tertiary/aromatic N) is 1. The van der Waals surface area contributed by atoms with E-state index in [4.69, 9.17) is 33.4 Å². The number of thiocarbonyl (C=S) groups is 1. The highest BCUT2D eigenvalue weighted by molar-refractivity contribution is 7.96. The van der Waals surface area contributed by atoms with E-state index in [9.17, 15) is 4.79 Å². The predicted octanol–water partition coefficient (Wildman–Crippen LogP) is 3.72. The average Bonchev–Trinajstić information content (AvgIpc) is 2.57. The van der Waals surface area contributed by atoms with Crippen molar-refractivity contribution in [2.75, 3.05) is 11.9 Å². The molecule has 25 heavy (non-hydrogen) atoms. The van der Waals surface area contributed by atoms with E-state index in [0.29, 0.717) is 16.4 Å². The fourth-order valence-corrected chi connectivity index (χ4v) is 1.89. The first kappa shape index (κ1) is 20.9. The number of halogens is 1. The third-order valence-corrected chi connectivity index (χ3v) is 3.06. The third kappa shape index (κ3) is 9.65. The summed E-state index contributed by atoms with van der Waals surface area (Å²) in [5.74, 6) is 0.557. The Hall–Kier alpha value is -2.16. The summed E-state index contributed by atoms with van der Waals surface area (Å²) in [4.78, 5) is 25.0. The lowest BCUT2D eigenvalue weighted by Gasteiger charge is -2.08. The molecule has 0 fully saturated rings. The van der Waals surface area contributed by atoms with Gasteiger partial charge in [0.1, 0.15) is 5.82 Å². The normalized spacial score (nSPS) is 9.36. The van der Waals surface area contributed by atoms with E-state index in [1.165, 1.54) is 6.20 Å². The first-order valence-electron chi connectivity index (χ1n) is 7.00. The minimum absolute atomic E-state index is 0.0167. The van der Waals surface area contributed by atoms with Crippen molar-refractivity contribution < 1.29 is 14.3 Å². The number of primary amides is 1. The van der Waals surface area contributed by atoms with Crippen LogP contribution in [0.1, 0.15) is 16.8 Å². The highest BCUT2D eigenvalue weighted by Crippen LogP contribution is 2.10. The summed E-state index contributed by atoms with van der Waals surface area (Å²) < 4.78 is 5.29. The Bertz CT molecular complexity index is 708. The molecule has 1 aromatic carbocycles. The number of pyridine rings is 1. The SMILES string of the molecule is NC(=O)S.O=C(CCOC(=S)Nc1ccc(Cl)cn1)c1ccccc1. The van der Waals surface area contributed by atoms with E-state index < -0.39 is 5.24 Å². The van der Waals surface area contributed by atoms with Gasteiger partial charge >= 0.3 is 0 Å². The summed E-state index contributed by atoms with van der Waals surface area (Å²) in [7, 11) is 0. The number of carbonyl (C=O) groups excluding carboxylic acids is 2. The minimum atomic E-state index is -0.639. The Kier molecular flexibility index (Phi) is 9.53. The summed E-state index contributed by atoms with van der Waals surface area (Å²) in [5, 5.41) is 2.89. The topological polar surface area (TPSA) is 94.3 Å². The van der Waals surface area contributed by atoms with Gasteiger partial charge in [-0.3, -0.25) is 9.59 Å². The lowest BCUT2D eigenvalue weighted by atomic mass is 10.1. The van der Waals surface area contributed by atoms with Gasteiger partial charge in [0.05, 0.1) is 11.6 Å². The molecule has 0 aliphatic rings. The van der Waals surface area contributed by atoms with Crippen molar-refractivity contribution in [3.8, 4) is 0 Å². The molecule has 1 heterocycles. The molecule has 3 N–H and O–H groups in total. The third-order valence-electron chi connectivity index (χ3n) is 2.62. The summed E-state index contributed by atoms with van der Waals surface area (Å²) in [6.45, 7) is 0.215. The van der Waals surface area contributed by atoms with E-state index in [1.54, 1.807) is 24.3 Å². The molecule has 6 nitrogen and oxygen atoms in total. The summed E-state index contributed by atoms with van der Waals surface area (Å²) >= 11 is 13.9. The molecule has 0 atom stereocenters. The van der Waals surface area contributed by atoms with Crippen LogP contribution in [-0.4, -0.2) is 27.8 Å². The molecule has 0 unspecified atom stereocenters. The van der Waals surface area contributed by atoms with Crippen LogP contribution in [0.5, 0.6) is 0 Å². The molecular weight excluding hydrogens is 382 g/mol. The van der Waals surface area contributed by atoms with Gasteiger partial charge in [0, 0.05) is 18.2 Å². The highest BCUT2D eigenvalue weighted by atomic mass is 35.5. The molecule has 0 radical (unpaired) electrons. The number of Topliss-reactive ketones (excluding diaryl/α,β-unsaturated/α-hetero) is 1. The van der Waals surface area contributed by atoms with Crippen molar-refractivity contribution in [3.05, 3.63) is 59.2 Å². The molecular formula is C16H16ClN3O3S2. The standard InChI is InChI=1S/C15H13ClN2O2S.CH3NOS/c16-12-6-7-14(17-10-12)18-15(21)20-9-8-13(19)11-4-2-1-3-5-11;2-1(3)4/h1-7,10H,8-9H2,(H,17,18,21);(H3,2,3,4). The number of benzene rings is 1. The number of carbonyl (C=O) groups is 2. The Balaban J connectivity index is 0.000000705. The number of aromatic nitrogens is 1. The van der Waals surface area contributed by atoms with Gasteiger partial charge in [-0.1, -0.05) is 54.6 Å². The van der Waals surface area contributed by atoms with Crippen molar-refractivity contribution in [3.63, 3.8) is 0 Å². The number of amides is 1. The predicted molar refractivity (Wildman–Crippen MR) is 105 cm³/mol. The van der Waals surface area contributed by atoms with E-state index in [2.05, 4.69) is 28.7 Å². The molecule has 1 amide bonds. The van der Waals surface area contributed by atoms with Crippen molar-refractivity contribution in [2.24, 2.45) is 5.73 Å². The molecule has 0 aliphatic carbocycles. The first-order chi connectivity index (χ1) is 11.9. The van der Waals surface area contributed by atoms with Gasteiger partial charge in [-0.05, 0) is 24.4 Å². The fraction of sp³-hybridized carbons (Fsp3) is 0.125. The number of nitrogens with two attached hydrogens (primary N) is 1. The number of rotatable bonds is 5. The van der Waals surface area contributed by atoms with Crippen LogP contribution in [0.25, 0.3) is 0 Å². The number of thiol groups is 1. The molecule has 9 heteroatoms. The first-order valence-corrected chi connectivity index (χ1v) is 8.24. The van der Waals surface area contributed by atoms with E-state index in [1.807, 2.05) is 18.2 Å². The van der Waals surface area contributed by atoms with Crippen LogP contribution >= 0.6 is 36.4 Å². The second kappa shape index (κ2) is 11.4. The second-order valence-electron chi connectivity index (χ2n) is 4.50.